The van der Waals surface area contributed by atoms with E-state index in [2.05, 4.69) is 32.9 Å². The first-order valence-corrected chi connectivity index (χ1v) is 8.59. The third kappa shape index (κ3) is 6.93. The zero-order valence-corrected chi connectivity index (χ0v) is 15.0. The smallest absolute Gasteiger partial charge is 0.0778 e. The van der Waals surface area contributed by atoms with Gasteiger partial charge in [0.2, 0.25) is 0 Å². The maximum atomic E-state index is 10.6. The molecule has 0 saturated carbocycles. The van der Waals surface area contributed by atoms with Crippen molar-refractivity contribution in [1.82, 2.24) is 0 Å². The zero-order valence-electron chi connectivity index (χ0n) is 15.0. The van der Waals surface area contributed by atoms with Crippen LogP contribution < -0.4 is 0 Å². The lowest BCUT2D eigenvalue weighted by atomic mass is 9.81. The van der Waals surface area contributed by atoms with Gasteiger partial charge < -0.3 is 10.2 Å². The van der Waals surface area contributed by atoms with Crippen molar-refractivity contribution in [3.8, 4) is 0 Å². The van der Waals surface area contributed by atoms with E-state index >= 15 is 0 Å². The molecule has 0 amide bonds. The summed E-state index contributed by atoms with van der Waals surface area (Å²) in [6.07, 6.45) is 11.9. The van der Waals surface area contributed by atoms with E-state index in [9.17, 15) is 10.2 Å². The first-order valence-electron chi connectivity index (χ1n) is 8.59. The molecule has 1 rings (SSSR count). The number of hydrogen-bond donors (Lipinski definition) is 2. The van der Waals surface area contributed by atoms with Gasteiger partial charge in [0, 0.05) is 5.92 Å². The molecule has 0 saturated heterocycles. The summed E-state index contributed by atoms with van der Waals surface area (Å²) >= 11 is 0. The molecule has 0 spiro atoms. The molecule has 0 fully saturated rings. The van der Waals surface area contributed by atoms with Gasteiger partial charge in [-0.15, -0.1) is 0 Å². The molecule has 22 heavy (non-hydrogen) atoms. The van der Waals surface area contributed by atoms with Gasteiger partial charge in [-0.25, -0.2) is 0 Å². The first kappa shape index (κ1) is 19.2. The van der Waals surface area contributed by atoms with E-state index in [1.54, 1.807) is 13.8 Å². The van der Waals surface area contributed by atoms with Crippen LogP contribution in [0.15, 0.2) is 34.9 Å². The second kappa shape index (κ2) is 8.69. The lowest BCUT2D eigenvalue weighted by Gasteiger charge is -2.32. The average Bonchev–Trinajstić information content (AvgIpc) is 2.36. The van der Waals surface area contributed by atoms with Crippen molar-refractivity contribution in [3.05, 3.63) is 34.9 Å². The van der Waals surface area contributed by atoms with E-state index in [1.165, 1.54) is 16.7 Å². The van der Waals surface area contributed by atoms with Crippen LogP contribution in [0.1, 0.15) is 73.1 Å². The Morgan fingerprint density at radius 3 is 1.95 bits per heavy atom. The maximum Gasteiger partial charge on any atom is 0.0778 e. The second-order valence-electron chi connectivity index (χ2n) is 7.48. The summed E-state index contributed by atoms with van der Waals surface area (Å²) in [6.45, 7) is 10.0. The molecule has 2 N–H and O–H groups in total. The molecular weight excluding hydrogens is 272 g/mol. The Morgan fingerprint density at radius 2 is 1.41 bits per heavy atom. The van der Waals surface area contributed by atoms with E-state index in [1.807, 2.05) is 6.08 Å². The van der Waals surface area contributed by atoms with Crippen LogP contribution in [0.25, 0.3) is 0 Å². The normalized spacial score (nSPS) is 33.7. The number of allylic oxidation sites excluding steroid dienone is 5. The van der Waals surface area contributed by atoms with E-state index in [4.69, 9.17) is 0 Å². The summed E-state index contributed by atoms with van der Waals surface area (Å²) < 4.78 is 0. The number of aliphatic hydroxyl groups is 2. The summed E-state index contributed by atoms with van der Waals surface area (Å²) in [7, 11) is 0. The topological polar surface area (TPSA) is 40.5 Å². The maximum absolute atomic E-state index is 10.6. The van der Waals surface area contributed by atoms with Gasteiger partial charge in [-0.3, -0.25) is 0 Å². The summed E-state index contributed by atoms with van der Waals surface area (Å²) in [5, 5.41) is 21.0. The molecule has 1 aliphatic carbocycles. The average molecular weight is 306 g/mol. The van der Waals surface area contributed by atoms with Crippen LogP contribution in [-0.2, 0) is 0 Å². The van der Waals surface area contributed by atoms with Gasteiger partial charge in [-0.05, 0) is 73.1 Å². The van der Waals surface area contributed by atoms with Crippen LogP contribution >= 0.6 is 0 Å². The highest BCUT2D eigenvalue weighted by Gasteiger charge is 2.31. The van der Waals surface area contributed by atoms with E-state index in [0.717, 1.165) is 38.5 Å². The van der Waals surface area contributed by atoms with Crippen molar-refractivity contribution in [2.24, 2.45) is 5.92 Å². The van der Waals surface area contributed by atoms with Crippen LogP contribution in [-0.4, -0.2) is 21.9 Å². The van der Waals surface area contributed by atoms with Gasteiger partial charge >= 0.3 is 0 Å². The van der Waals surface area contributed by atoms with Crippen molar-refractivity contribution < 1.29 is 10.2 Å². The van der Waals surface area contributed by atoms with Gasteiger partial charge in [0.05, 0.1) is 11.7 Å². The lowest BCUT2D eigenvalue weighted by Crippen LogP contribution is -2.38. The highest BCUT2D eigenvalue weighted by molar-refractivity contribution is 5.10. The molecule has 2 heteroatoms. The van der Waals surface area contributed by atoms with Gasteiger partial charge in [0.15, 0.2) is 0 Å². The SMILES string of the molecule is C/C1=C\CC/C(C)=C/[C@H](O)[C@@H](C(C)(C)O)CC/C(C)=C/CC1. The summed E-state index contributed by atoms with van der Waals surface area (Å²) in [5.74, 6) is -0.133. The molecule has 2 atom stereocenters. The predicted molar refractivity (Wildman–Crippen MR) is 94.8 cm³/mol. The van der Waals surface area contributed by atoms with E-state index in [-0.39, 0.29) is 5.92 Å². The van der Waals surface area contributed by atoms with Gasteiger partial charge in [0.25, 0.3) is 0 Å². The standard InChI is InChI=1S/C20H34O2/c1-15-8-6-10-16(2)12-13-18(20(4,5)22)19(21)14-17(3)11-7-9-15/h9-10,14,18-19,21-22H,6-8,11-13H2,1-5H3/b15-9+,16-10+,17-14+/t18-,19-/m0/s1. The molecule has 0 unspecified atom stereocenters. The molecule has 0 aliphatic heterocycles. The Balaban J connectivity index is 2.96. The molecular formula is C20H34O2. The van der Waals surface area contributed by atoms with Crippen LogP contribution in [0, 0.1) is 5.92 Å². The Bertz CT molecular complexity index is 435. The molecule has 0 aromatic rings. The molecule has 0 aromatic carbocycles. The molecule has 0 heterocycles. The van der Waals surface area contributed by atoms with Crippen molar-refractivity contribution in [2.45, 2.75) is 84.8 Å². The fourth-order valence-electron chi connectivity index (χ4n) is 3.11. The Kier molecular flexibility index (Phi) is 7.58. The Morgan fingerprint density at radius 1 is 0.909 bits per heavy atom. The van der Waals surface area contributed by atoms with Crippen LogP contribution in [0.3, 0.4) is 0 Å². The summed E-state index contributed by atoms with van der Waals surface area (Å²) in [4.78, 5) is 0. The minimum Gasteiger partial charge on any atom is -0.390 e. The Labute approximate surface area is 136 Å². The van der Waals surface area contributed by atoms with Gasteiger partial charge in [-0.2, -0.15) is 0 Å². The number of rotatable bonds is 1. The monoisotopic (exact) mass is 306 g/mol. The molecule has 1 aliphatic rings. The fourth-order valence-corrected chi connectivity index (χ4v) is 3.11. The summed E-state index contributed by atoms with van der Waals surface area (Å²) in [5.41, 5.74) is 3.13. The third-order valence-electron chi connectivity index (χ3n) is 4.69. The highest BCUT2D eigenvalue weighted by Crippen LogP contribution is 2.29. The van der Waals surface area contributed by atoms with Crippen LogP contribution in [0.5, 0.6) is 0 Å². The van der Waals surface area contributed by atoms with E-state index < -0.39 is 11.7 Å². The second-order valence-corrected chi connectivity index (χ2v) is 7.48. The fraction of sp³-hybridized carbons (Fsp3) is 0.700. The number of aliphatic hydroxyl groups excluding tert-OH is 1. The summed E-state index contributed by atoms with van der Waals surface area (Å²) in [6, 6.07) is 0. The quantitative estimate of drug-likeness (QED) is 0.674. The molecule has 0 bridgehead atoms. The van der Waals surface area contributed by atoms with Crippen molar-refractivity contribution in [2.75, 3.05) is 0 Å². The highest BCUT2D eigenvalue weighted by atomic mass is 16.3. The molecule has 126 valence electrons. The zero-order chi connectivity index (χ0) is 16.8. The van der Waals surface area contributed by atoms with Crippen molar-refractivity contribution in [3.63, 3.8) is 0 Å². The third-order valence-corrected chi connectivity index (χ3v) is 4.69. The molecule has 2 nitrogen and oxygen atoms in total. The van der Waals surface area contributed by atoms with Crippen molar-refractivity contribution in [1.29, 1.82) is 0 Å². The van der Waals surface area contributed by atoms with Gasteiger partial charge in [0.1, 0.15) is 0 Å². The minimum absolute atomic E-state index is 0.133. The predicted octanol–water partition coefficient (Wildman–Crippen LogP) is 4.93. The van der Waals surface area contributed by atoms with E-state index in [0.29, 0.717) is 0 Å². The van der Waals surface area contributed by atoms with Gasteiger partial charge in [-0.1, -0.05) is 34.9 Å². The van der Waals surface area contributed by atoms with Crippen LogP contribution in [0.2, 0.25) is 0 Å². The molecule has 0 aromatic heterocycles. The molecule has 0 radical (unpaired) electrons. The van der Waals surface area contributed by atoms with Crippen molar-refractivity contribution >= 4 is 0 Å². The van der Waals surface area contributed by atoms with Crippen LogP contribution in [0.4, 0.5) is 0 Å². The first-order chi connectivity index (χ1) is 10.2. The Hall–Kier alpha value is -0.860. The number of hydrogen-bond acceptors (Lipinski definition) is 2. The largest absolute Gasteiger partial charge is 0.390 e. The minimum atomic E-state index is -0.871. The lowest BCUT2D eigenvalue weighted by molar-refractivity contribution is -0.0345.